The van der Waals surface area contributed by atoms with Crippen LogP contribution in [0.5, 0.6) is 0 Å². The Hall–Kier alpha value is -1.84. The monoisotopic (exact) mass is 297 g/mol. The number of rotatable bonds is 1. The maximum Gasteiger partial charge on any atom is 0.326 e. The Bertz CT molecular complexity index is 733. The van der Waals surface area contributed by atoms with Gasteiger partial charge in [-0.3, -0.25) is 9.55 Å². The van der Waals surface area contributed by atoms with E-state index in [-0.39, 0.29) is 6.03 Å². The van der Waals surface area contributed by atoms with Gasteiger partial charge in [-0.2, -0.15) is 0 Å². The van der Waals surface area contributed by atoms with Gasteiger partial charge >= 0.3 is 6.03 Å². The van der Waals surface area contributed by atoms with E-state index in [2.05, 4.69) is 31.1 Å². The predicted molar refractivity (Wildman–Crippen MR) is 86.6 cm³/mol. The summed E-state index contributed by atoms with van der Waals surface area (Å²) >= 11 is 0. The quantitative estimate of drug-likeness (QED) is 0.873. The van der Waals surface area contributed by atoms with Crippen molar-refractivity contribution in [2.24, 2.45) is 23.2 Å². The topological polar surface area (TPSA) is 46.9 Å². The van der Waals surface area contributed by atoms with Crippen LogP contribution in [0.25, 0.3) is 10.9 Å². The molecule has 1 amide bonds. The first kappa shape index (κ1) is 13.8. The van der Waals surface area contributed by atoms with Gasteiger partial charge in [0, 0.05) is 23.8 Å². The smallest absolute Gasteiger partial charge is 0.326 e. The van der Waals surface area contributed by atoms with Crippen LogP contribution in [-0.2, 0) is 0 Å². The average Bonchev–Trinajstić information content (AvgIpc) is 2.92. The van der Waals surface area contributed by atoms with Crippen molar-refractivity contribution in [3.63, 3.8) is 0 Å². The fourth-order valence-electron chi connectivity index (χ4n) is 4.72. The Labute approximate surface area is 130 Å². The van der Waals surface area contributed by atoms with Crippen molar-refractivity contribution in [3.8, 4) is 0 Å². The van der Waals surface area contributed by atoms with Gasteiger partial charge in [0.25, 0.3) is 0 Å². The lowest BCUT2D eigenvalue weighted by molar-refractivity contribution is -0.112. The molecule has 0 aromatic carbocycles. The molecule has 2 bridgehead atoms. The summed E-state index contributed by atoms with van der Waals surface area (Å²) in [5.74, 6) is 2.03. The standard InChI is InChI=1S/C18H23N3O/c1-11-14-8-13(18(14,2)3)9-15(11)20-17(22)21-7-5-12-4-6-19-10-16(12)21/h4-7,10-11,13-15H,8-9H2,1-3H3,(H,20,22)/t11-,13+,14-,15-/m0/s1. The molecule has 4 nitrogen and oxygen atoms in total. The summed E-state index contributed by atoms with van der Waals surface area (Å²) in [7, 11) is 0. The van der Waals surface area contributed by atoms with Crippen LogP contribution in [0.3, 0.4) is 0 Å². The van der Waals surface area contributed by atoms with Crippen LogP contribution in [-0.4, -0.2) is 21.6 Å². The Morgan fingerprint density at radius 3 is 2.91 bits per heavy atom. The molecule has 3 aliphatic rings. The zero-order valence-corrected chi connectivity index (χ0v) is 13.4. The SMILES string of the molecule is C[C@@H]1[C@@H](NC(=O)n2ccc3ccncc32)C[C@H]2C[C@@H]1C2(C)C. The number of fused-ring (bicyclic) bond motifs is 3. The molecule has 0 radical (unpaired) electrons. The van der Waals surface area contributed by atoms with Crippen LogP contribution in [0.1, 0.15) is 33.6 Å². The molecule has 5 rings (SSSR count). The largest absolute Gasteiger partial charge is 0.334 e. The van der Waals surface area contributed by atoms with Gasteiger partial charge in [0.2, 0.25) is 0 Å². The fraction of sp³-hybridized carbons (Fsp3) is 0.556. The summed E-state index contributed by atoms with van der Waals surface area (Å²) in [6.07, 6.45) is 7.77. The number of hydrogen-bond donors (Lipinski definition) is 1. The van der Waals surface area contributed by atoms with Crippen molar-refractivity contribution < 1.29 is 4.79 Å². The van der Waals surface area contributed by atoms with Crippen LogP contribution < -0.4 is 5.32 Å². The molecule has 116 valence electrons. The number of amides is 1. The van der Waals surface area contributed by atoms with Crippen LogP contribution in [0.4, 0.5) is 4.79 Å². The molecule has 3 fully saturated rings. The number of pyridine rings is 1. The highest BCUT2D eigenvalue weighted by atomic mass is 16.2. The number of nitrogens with one attached hydrogen (secondary N) is 1. The number of aromatic nitrogens is 2. The first-order valence-electron chi connectivity index (χ1n) is 8.20. The first-order chi connectivity index (χ1) is 10.5. The van der Waals surface area contributed by atoms with E-state index in [1.54, 1.807) is 17.0 Å². The average molecular weight is 297 g/mol. The first-order valence-corrected chi connectivity index (χ1v) is 8.20. The van der Waals surface area contributed by atoms with E-state index in [9.17, 15) is 4.79 Å². The second-order valence-corrected chi connectivity index (χ2v) is 7.63. The molecule has 2 heterocycles. The highest BCUT2D eigenvalue weighted by molar-refractivity contribution is 5.91. The van der Waals surface area contributed by atoms with E-state index >= 15 is 0 Å². The number of carbonyl (C=O) groups excluding carboxylic acids is 1. The molecular formula is C18H23N3O. The van der Waals surface area contributed by atoms with Crippen molar-refractivity contribution >= 4 is 16.9 Å². The molecule has 3 aliphatic carbocycles. The molecule has 4 heteroatoms. The summed E-state index contributed by atoms with van der Waals surface area (Å²) in [6.45, 7) is 7.05. The molecule has 1 N–H and O–H groups in total. The lowest BCUT2D eigenvalue weighted by atomic mass is 9.45. The van der Waals surface area contributed by atoms with Gasteiger partial charge in [-0.25, -0.2) is 4.79 Å². The van der Waals surface area contributed by atoms with Crippen molar-refractivity contribution in [1.29, 1.82) is 0 Å². The highest BCUT2D eigenvalue weighted by Crippen LogP contribution is 2.61. The van der Waals surface area contributed by atoms with Crippen molar-refractivity contribution in [1.82, 2.24) is 14.9 Å². The third kappa shape index (κ3) is 1.82. The van der Waals surface area contributed by atoms with Gasteiger partial charge in [0.05, 0.1) is 11.7 Å². The van der Waals surface area contributed by atoms with E-state index in [0.717, 1.165) is 29.2 Å². The summed E-state index contributed by atoms with van der Waals surface area (Å²) in [6, 6.07) is 4.15. The van der Waals surface area contributed by atoms with Crippen LogP contribution in [0.2, 0.25) is 0 Å². The lowest BCUT2D eigenvalue weighted by Gasteiger charge is -2.62. The van der Waals surface area contributed by atoms with Crippen LogP contribution >= 0.6 is 0 Å². The maximum absolute atomic E-state index is 12.6. The van der Waals surface area contributed by atoms with Crippen LogP contribution in [0, 0.1) is 23.2 Å². The summed E-state index contributed by atoms with van der Waals surface area (Å²) in [4.78, 5) is 16.8. The fourth-order valence-corrected chi connectivity index (χ4v) is 4.72. The van der Waals surface area contributed by atoms with Crippen molar-refractivity contribution in [3.05, 3.63) is 30.7 Å². The van der Waals surface area contributed by atoms with E-state index < -0.39 is 0 Å². The molecule has 0 unspecified atom stereocenters. The molecule has 0 saturated heterocycles. The molecular weight excluding hydrogens is 274 g/mol. The van der Waals surface area contributed by atoms with E-state index in [4.69, 9.17) is 0 Å². The van der Waals surface area contributed by atoms with E-state index in [1.165, 1.54) is 6.42 Å². The highest BCUT2D eigenvalue weighted by Gasteiger charge is 2.56. The molecule has 0 spiro atoms. The Morgan fingerprint density at radius 1 is 1.36 bits per heavy atom. The van der Waals surface area contributed by atoms with Crippen LogP contribution in [0.15, 0.2) is 30.7 Å². The second-order valence-electron chi connectivity index (χ2n) is 7.63. The number of carbonyl (C=O) groups is 1. The third-order valence-corrected chi connectivity index (χ3v) is 6.38. The molecule has 22 heavy (non-hydrogen) atoms. The Morgan fingerprint density at radius 2 is 2.18 bits per heavy atom. The normalized spacial score (nSPS) is 32.5. The van der Waals surface area contributed by atoms with E-state index in [1.807, 2.05) is 18.3 Å². The zero-order chi connectivity index (χ0) is 15.5. The van der Waals surface area contributed by atoms with Gasteiger partial charge in [0.15, 0.2) is 0 Å². The van der Waals surface area contributed by atoms with Gasteiger partial charge in [-0.15, -0.1) is 0 Å². The number of hydrogen-bond acceptors (Lipinski definition) is 2. The van der Waals surface area contributed by atoms with Gasteiger partial charge in [-0.1, -0.05) is 20.8 Å². The van der Waals surface area contributed by atoms with Gasteiger partial charge < -0.3 is 5.32 Å². The maximum atomic E-state index is 12.6. The summed E-state index contributed by atoms with van der Waals surface area (Å²) in [5.41, 5.74) is 1.32. The van der Waals surface area contributed by atoms with E-state index in [0.29, 0.717) is 17.4 Å². The minimum atomic E-state index is -0.0287. The third-order valence-electron chi connectivity index (χ3n) is 6.38. The molecule has 2 aromatic heterocycles. The summed E-state index contributed by atoms with van der Waals surface area (Å²) < 4.78 is 1.68. The molecule has 2 aromatic rings. The molecule has 4 atom stereocenters. The zero-order valence-electron chi connectivity index (χ0n) is 13.4. The van der Waals surface area contributed by atoms with Crippen molar-refractivity contribution in [2.45, 2.75) is 39.7 Å². The molecule has 3 saturated carbocycles. The van der Waals surface area contributed by atoms with Gasteiger partial charge in [0.1, 0.15) is 0 Å². The summed E-state index contributed by atoms with van der Waals surface area (Å²) in [5, 5.41) is 4.31. The van der Waals surface area contributed by atoms with Gasteiger partial charge in [-0.05, 0) is 48.1 Å². The minimum Gasteiger partial charge on any atom is -0.334 e. The second kappa shape index (κ2) is 4.58. The lowest BCUT2D eigenvalue weighted by Crippen LogP contribution is -2.60. The van der Waals surface area contributed by atoms with Crippen molar-refractivity contribution in [2.75, 3.05) is 0 Å². The predicted octanol–water partition coefficient (Wildman–Crippen LogP) is 3.66. The Kier molecular flexibility index (Phi) is 2.87. The number of nitrogens with zero attached hydrogens (tertiary/aromatic N) is 2. The minimum absolute atomic E-state index is 0.0287. The molecule has 0 aliphatic heterocycles. The Balaban J connectivity index is 1.54.